The van der Waals surface area contributed by atoms with Crippen LogP contribution in [0.5, 0.6) is 0 Å². The Morgan fingerprint density at radius 3 is 2.89 bits per heavy atom. The Balaban J connectivity index is 1.39. The van der Waals surface area contributed by atoms with E-state index in [0.29, 0.717) is 4.58 Å². The van der Waals surface area contributed by atoms with Gasteiger partial charge in [0.05, 0.1) is 16.7 Å². The van der Waals surface area contributed by atoms with Gasteiger partial charge in [-0.25, -0.2) is 4.98 Å². The van der Waals surface area contributed by atoms with Crippen molar-refractivity contribution in [3.63, 3.8) is 0 Å². The second-order valence-electron chi connectivity index (χ2n) is 6.16. The third-order valence-electron chi connectivity index (χ3n) is 4.07. The summed E-state index contributed by atoms with van der Waals surface area (Å²) in [7, 11) is 0. The first-order valence-corrected chi connectivity index (χ1v) is 11.7. The molecule has 1 saturated heterocycles. The molecule has 4 rings (SSSR count). The number of carbonyl (C=O) groups excluding carboxylic acids is 1. The summed E-state index contributed by atoms with van der Waals surface area (Å²) in [6.45, 7) is 0. The van der Waals surface area contributed by atoms with Gasteiger partial charge in [-0.1, -0.05) is 12.1 Å². The number of benzene rings is 1. The minimum Gasteiger partial charge on any atom is -0.326 e. The minimum absolute atomic E-state index is 0.0425. The highest BCUT2D eigenvalue weighted by molar-refractivity contribution is 8.16. The van der Waals surface area contributed by atoms with Crippen molar-refractivity contribution in [3.05, 3.63) is 65.4 Å². The number of amides is 1. The van der Waals surface area contributed by atoms with Crippen LogP contribution in [0.1, 0.15) is 22.3 Å². The molecule has 1 N–H and O–H groups in total. The molecule has 1 aliphatic rings. The van der Waals surface area contributed by atoms with Crippen LogP contribution < -0.4 is 5.32 Å². The fraction of sp³-hybridized carbons (Fsp3) is 0.250. The number of nitrogens with zero attached hydrogens (tertiary/aromatic N) is 2. The smallest absolute Gasteiger partial charge is 0.230 e. The molecule has 0 unspecified atom stereocenters. The van der Waals surface area contributed by atoms with E-state index in [1.165, 1.54) is 34.8 Å². The highest BCUT2D eigenvalue weighted by atomic mass is 32.2. The zero-order valence-electron chi connectivity index (χ0n) is 14.6. The van der Waals surface area contributed by atoms with Crippen LogP contribution in [-0.2, 0) is 11.2 Å². The van der Waals surface area contributed by atoms with E-state index in [0.717, 1.165) is 22.0 Å². The number of anilines is 1. The van der Waals surface area contributed by atoms with E-state index < -0.39 is 0 Å². The zero-order valence-corrected chi connectivity index (χ0v) is 17.1. The third kappa shape index (κ3) is 4.91. The molecule has 1 aliphatic heterocycles. The lowest BCUT2D eigenvalue weighted by atomic mass is 10.2. The van der Waals surface area contributed by atoms with Crippen molar-refractivity contribution in [3.8, 4) is 10.6 Å². The maximum Gasteiger partial charge on any atom is 0.230 e. The summed E-state index contributed by atoms with van der Waals surface area (Å²) in [5.41, 5.74) is 3.89. The summed E-state index contributed by atoms with van der Waals surface area (Å²) < 4.78 is 0.469. The first-order valence-electron chi connectivity index (χ1n) is 8.76. The third-order valence-corrected chi connectivity index (χ3v) is 8.03. The van der Waals surface area contributed by atoms with E-state index in [1.54, 1.807) is 12.4 Å². The van der Waals surface area contributed by atoms with Gasteiger partial charge < -0.3 is 5.32 Å². The summed E-state index contributed by atoms with van der Waals surface area (Å²) in [5, 5.41) is 5.84. The van der Waals surface area contributed by atoms with E-state index in [9.17, 15) is 4.79 Å². The molecule has 1 amide bonds. The first-order chi connectivity index (χ1) is 13.3. The lowest BCUT2D eigenvalue weighted by Crippen LogP contribution is -2.14. The van der Waals surface area contributed by atoms with Gasteiger partial charge in [0, 0.05) is 29.0 Å². The Hall–Kier alpha value is -1.83. The largest absolute Gasteiger partial charge is 0.326 e. The number of nitrogens with one attached hydrogen (secondary N) is 1. The van der Waals surface area contributed by atoms with E-state index in [2.05, 4.69) is 27.4 Å². The Labute approximate surface area is 171 Å². The van der Waals surface area contributed by atoms with Crippen LogP contribution in [0.2, 0.25) is 0 Å². The van der Waals surface area contributed by atoms with Gasteiger partial charge in [-0.05, 0) is 47.8 Å². The monoisotopic (exact) mass is 413 g/mol. The van der Waals surface area contributed by atoms with Crippen LogP contribution in [0.4, 0.5) is 5.69 Å². The van der Waals surface area contributed by atoms with E-state index in [-0.39, 0.29) is 12.3 Å². The molecule has 1 fully saturated rings. The SMILES string of the molecule is O=C(Cc1csc(-c2cccnc2)n1)Nc1cccc(C2SCCCS2)c1. The number of carbonyl (C=O) groups is 1. The molecular weight excluding hydrogens is 394 g/mol. The van der Waals surface area contributed by atoms with E-state index >= 15 is 0 Å². The van der Waals surface area contributed by atoms with Gasteiger partial charge in [-0.15, -0.1) is 34.9 Å². The van der Waals surface area contributed by atoms with Crippen LogP contribution in [0.15, 0.2) is 54.2 Å². The Bertz CT molecular complexity index is 908. The Morgan fingerprint density at radius 1 is 1.19 bits per heavy atom. The zero-order chi connectivity index (χ0) is 18.5. The number of thiazole rings is 1. The number of thioether (sulfide) groups is 2. The molecule has 3 aromatic rings. The topological polar surface area (TPSA) is 54.9 Å². The van der Waals surface area contributed by atoms with Crippen molar-refractivity contribution in [2.45, 2.75) is 17.4 Å². The van der Waals surface area contributed by atoms with Crippen LogP contribution in [-0.4, -0.2) is 27.4 Å². The Morgan fingerprint density at radius 2 is 2.07 bits per heavy atom. The van der Waals surface area contributed by atoms with E-state index in [1.807, 2.05) is 53.2 Å². The average Bonchev–Trinajstić information content (AvgIpc) is 3.18. The quantitative estimate of drug-likeness (QED) is 0.619. The van der Waals surface area contributed by atoms with Crippen molar-refractivity contribution in [2.24, 2.45) is 0 Å². The maximum atomic E-state index is 12.4. The van der Waals surface area contributed by atoms with Gasteiger partial charge >= 0.3 is 0 Å². The highest BCUT2D eigenvalue weighted by Gasteiger charge is 2.17. The second kappa shape index (κ2) is 8.91. The Kier molecular flexibility index (Phi) is 6.11. The van der Waals surface area contributed by atoms with E-state index in [4.69, 9.17) is 0 Å². The lowest BCUT2D eigenvalue weighted by Gasteiger charge is -2.21. The average molecular weight is 414 g/mol. The van der Waals surface area contributed by atoms with Gasteiger partial charge in [-0.3, -0.25) is 9.78 Å². The molecule has 0 bridgehead atoms. The molecule has 2 aromatic heterocycles. The molecule has 138 valence electrons. The predicted octanol–water partition coefficient (Wildman–Crippen LogP) is 5.26. The van der Waals surface area contributed by atoms with Crippen LogP contribution in [0, 0.1) is 0 Å². The summed E-state index contributed by atoms with van der Waals surface area (Å²) in [4.78, 5) is 21.1. The number of hydrogen-bond acceptors (Lipinski definition) is 6. The standard InChI is InChI=1S/C20H19N3OS3/c24-18(11-17-13-27-19(23-17)15-5-2-7-21-12-15)22-16-6-1-4-14(10-16)20-25-8-3-9-26-20/h1-2,4-7,10,12-13,20H,3,8-9,11H2,(H,22,24). The molecule has 7 heteroatoms. The van der Waals surface area contributed by atoms with Crippen molar-refractivity contribution < 1.29 is 4.79 Å². The highest BCUT2D eigenvalue weighted by Crippen LogP contribution is 2.44. The van der Waals surface area contributed by atoms with Gasteiger partial charge in [0.15, 0.2) is 0 Å². The van der Waals surface area contributed by atoms with Crippen molar-refractivity contribution >= 4 is 46.5 Å². The van der Waals surface area contributed by atoms with Gasteiger partial charge in [0.2, 0.25) is 5.91 Å². The molecular formula is C20H19N3OS3. The molecule has 0 radical (unpaired) electrons. The van der Waals surface area contributed by atoms with Crippen LogP contribution in [0.25, 0.3) is 10.6 Å². The number of aromatic nitrogens is 2. The number of rotatable bonds is 5. The minimum atomic E-state index is -0.0425. The van der Waals surface area contributed by atoms with Gasteiger partial charge in [-0.2, -0.15) is 0 Å². The second-order valence-corrected chi connectivity index (χ2v) is 9.75. The molecule has 3 heterocycles. The molecule has 0 saturated carbocycles. The number of pyridine rings is 1. The molecule has 1 aromatic carbocycles. The molecule has 4 nitrogen and oxygen atoms in total. The molecule has 27 heavy (non-hydrogen) atoms. The predicted molar refractivity (Wildman–Crippen MR) is 116 cm³/mol. The fourth-order valence-electron chi connectivity index (χ4n) is 2.82. The molecule has 0 spiro atoms. The fourth-order valence-corrected chi connectivity index (χ4v) is 6.51. The van der Waals surface area contributed by atoms with Crippen molar-refractivity contribution in [2.75, 3.05) is 16.8 Å². The summed E-state index contributed by atoms with van der Waals surface area (Å²) in [5.74, 6) is 2.37. The normalized spacial score (nSPS) is 14.8. The number of hydrogen-bond donors (Lipinski definition) is 1. The summed E-state index contributed by atoms with van der Waals surface area (Å²) in [6, 6.07) is 12.1. The summed E-state index contributed by atoms with van der Waals surface area (Å²) in [6.07, 6.45) is 5.07. The molecule has 0 atom stereocenters. The van der Waals surface area contributed by atoms with Gasteiger partial charge in [0.25, 0.3) is 0 Å². The van der Waals surface area contributed by atoms with Crippen LogP contribution >= 0.6 is 34.9 Å². The van der Waals surface area contributed by atoms with Crippen molar-refractivity contribution in [1.82, 2.24) is 9.97 Å². The van der Waals surface area contributed by atoms with Crippen molar-refractivity contribution in [1.29, 1.82) is 0 Å². The molecule has 0 aliphatic carbocycles. The van der Waals surface area contributed by atoms with Gasteiger partial charge in [0.1, 0.15) is 5.01 Å². The first kappa shape index (κ1) is 18.5. The summed E-state index contributed by atoms with van der Waals surface area (Å²) >= 11 is 5.50. The maximum absolute atomic E-state index is 12.4. The van der Waals surface area contributed by atoms with Crippen LogP contribution in [0.3, 0.4) is 0 Å². The lowest BCUT2D eigenvalue weighted by molar-refractivity contribution is -0.115.